The van der Waals surface area contributed by atoms with Crippen molar-refractivity contribution in [3.63, 3.8) is 0 Å². The second-order valence-electron chi connectivity index (χ2n) is 8.79. The van der Waals surface area contributed by atoms with E-state index in [-0.39, 0.29) is 28.6 Å². The predicted octanol–water partition coefficient (Wildman–Crippen LogP) is 2.03. The molecule has 0 radical (unpaired) electrons. The zero-order chi connectivity index (χ0) is 24.3. The van der Waals surface area contributed by atoms with Crippen molar-refractivity contribution < 1.29 is 17.9 Å². The lowest BCUT2D eigenvalue weighted by molar-refractivity contribution is 0.105. The molecule has 10 nitrogen and oxygen atoms in total. The van der Waals surface area contributed by atoms with E-state index in [1.54, 1.807) is 35.6 Å². The number of hydrogen-bond donors (Lipinski definition) is 2. The van der Waals surface area contributed by atoms with E-state index < -0.39 is 10.0 Å². The maximum Gasteiger partial charge on any atom is 0.324 e. The fourth-order valence-corrected chi connectivity index (χ4v) is 6.88. The summed E-state index contributed by atoms with van der Waals surface area (Å²) in [6.45, 7) is 3.06. The van der Waals surface area contributed by atoms with Crippen LogP contribution in [0.4, 0.5) is 10.5 Å². The highest BCUT2D eigenvalue weighted by Gasteiger charge is 2.36. The summed E-state index contributed by atoms with van der Waals surface area (Å²) in [6.07, 6.45) is 2.77. The molecule has 1 unspecified atom stereocenters. The van der Waals surface area contributed by atoms with Gasteiger partial charge in [0.2, 0.25) is 10.0 Å². The molecule has 2 aliphatic rings. The molecule has 1 aromatic heterocycles. The molecular formula is C22H30N6O4S2. The number of urea groups is 1. The first-order valence-corrected chi connectivity index (χ1v) is 13.5. The molecule has 2 aliphatic heterocycles. The Hall–Kier alpha value is -2.54. The Labute approximate surface area is 204 Å². The highest BCUT2D eigenvalue weighted by molar-refractivity contribution is 7.89. The quantitative estimate of drug-likeness (QED) is 0.416. The molecule has 0 aliphatic carbocycles. The molecule has 4 rings (SSSR count). The zero-order valence-corrected chi connectivity index (χ0v) is 20.7. The minimum absolute atomic E-state index is 0.0449. The van der Waals surface area contributed by atoms with Crippen LogP contribution in [0.5, 0.6) is 0 Å². The molecule has 0 bridgehead atoms. The third-order valence-corrected chi connectivity index (χ3v) is 8.99. The summed E-state index contributed by atoms with van der Waals surface area (Å²) in [5.74, 6) is 0.300. The van der Waals surface area contributed by atoms with Crippen molar-refractivity contribution in [2.24, 2.45) is 17.6 Å². The summed E-state index contributed by atoms with van der Waals surface area (Å²) in [6, 6.07) is 7.06. The van der Waals surface area contributed by atoms with E-state index >= 15 is 0 Å². The van der Waals surface area contributed by atoms with Gasteiger partial charge in [0.1, 0.15) is 10.7 Å². The number of nitrogens with zero attached hydrogens (tertiary/aromatic N) is 4. The van der Waals surface area contributed by atoms with Crippen LogP contribution in [0.15, 0.2) is 40.7 Å². The minimum atomic E-state index is -3.51. The summed E-state index contributed by atoms with van der Waals surface area (Å²) in [7, 11) is -1.86. The average molecular weight is 507 g/mol. The van der Waals surface area contributed by atoms with Crippen LogP contribution < -0.4 is 10.6 Å². The van der Waals surface area contributed by atoms with Gasteiger partial charge in [-0.15, -0.1) is 0 Å². The fourth-order valence-electron chi connectivity index (χ4n) is 4.62. The number of anilines is 1. The van der Waals surface area contributed by atoms with Gasteiger partial charge in [-0.05, 0) is 42.4 Å². The predicted molar refractivity (Wildman–Crippen MR) is 131 cm³/mol. The van der Waals surface area contributed by atoms with Crippen LogP contribution in [0.1, 0.15) is 18.4 Å². The van der Waals surface area contributed by atoms with Crippen LogP contribution in [-0.4, -0.2) is 80.3 Å². The second kappa shape index (κ2) is 10.4. The standard InChI is InChI=1S/C22H30N6O4S2/c1-32-14-17-12-26(22(29)28(13-17)19-4-2-3-18(9-19)21(23)24)11-16-5-7-27(8-6-16)34(30,31)20-10-25-33-15-20/h2-4,9-10,15-17H,5-8,11-14H2,1H3,(H3,23,24). The summed E-state index contributed by atoms with van der Waals surface area (Å²) in [5, 5.41) is 9.27. The van der Waals surface area contributed by atoms with E-state index in [2.05, 4.69) is 4.37 Å². The van der Waals surface area contributed by atoms with Gasteiger partial charge in [-0.2, -0.15) is 8.68 Å². The highest BCUT2D eigenvalue weighted by atomic mass is 32.2. The van der Waals surface area contributed by atoms with Crippen molar-refractivity contribution in [1.82, 2.24) is 13.6 Å². The number of rotatable bonds is 8. The number of amidine groups is 1. The number of carbonyl (C=O) groups excluding carboxylic acids is 1. The molecule has 0 saturated carbocycles. The van der Waals surface area contributed by atoms with Gasteiger partial charge >= 0.3 is 6.03 Å². The molecule has 34 heavy (non-hydrogen) atoms. The maximum atomic E-state index is 13.4. The third-order valence-electron chi connectivity index (χ3n) is 6.39. The number of nitrogen functional groups attached to an aromatic ring is 1. The molecule has 1 atom stereocenters. The number of hydrogen-bond acceptors (Lipinski definition) is 7. The van der Waals surface area contributed by atoms with Crippen molar-refractivity contribution >= 4 is 39.1 Å². The summed E-state index contributed by atoms with van der Waals surface area (Å²) < 4.78 is 36.4. The van der Waals surface area contributed by atoms with Crippen LogP contribution in [0, 0.1) is 17.2 Å². The monoisotopic (exact) mass is 506 g/mol. The normalized spacial score (nSPS) is 20.6. The van der Waals surface area contributed by atoms with Crippen molar-refractivity contribution in [2.75, 3.05) is 51.3 Å². The Bertz CT molecular complexity index is 1120. The number of piperidine rings is 1. The summed E-state index contributed by atoms with van der Waals surface area (Å²) in [4.78, 5) is 17.2. The molecule has 12 heteroatoms. The molecule has 3 heterocycles. The number of carbonyl (C=O) groups is 1. The molecule has 2 amide bonds. The van der Waals surface area contributed by atoms with E-state index in [1.807, 2.05) is 11.0 Å². The van der Waals surface area contributed by atoms with E-state index in [0.29, 0.717) is 63.4 Å². The van der Waals surface area contributed by atoms with Crippen LogP contribution in [0.3, 0.4) is 0 Å². The average Bonchev–Trinajstić information content (AvgIpc) is 3.38. The van der Waals surface area contributed by atoms with Crippen molar-refractivity contribution in [1.29, 1.82) is 5.41 Å². The number of methoxy groups -OCH3 is 1. The van der Waals surface area contributed by atoms with Crippen LogP contribution in [0.2, 0.25) is 0 Å². The van der Waals surface area contributed by atoms with Gasteiger partial charge in [-0.25, -0.2) is 13.2 Å². The fraction of sp³-hybridized carbons (Fsp3) is 0.500. The number of nitrogens with two attached hydrogens (primary N) is 1. The highest BCUT2D eigenvalue weighted by Crippen LogP contribution is 2.28. The molecular weight excluding hydrogens is 476 g/mol. The van der Waals surface area contributed by atoms with Gasteiger partial charge in [-0.3, -0.25) is 10.3 Å². The van der Waals surface area contributed by atoms with Crippen molar-refractivity contribution in [2.45, 2.75) is 17.7 Å². The zero-order valence-electron chi connectivity index (χ0n) is 19.1. The largest absolute Gasteiger partial charge is 0.384 e. The Morgan fingerprint density at radius 2 is 2.03 bits per heavy atom. The Balaban J connectivity index is 1.44. The van der Waals surface area contributed by atoms with Gasteiger partial charge in [0.05, 0.1) is 12.8 Å². The van der Waals surface area contributed by atoms with E-state index in [9.17, 15) is 13.2 Å². The first kappa shape index (κ1) is 24.6. The van der Waals surface area contributed by atoms with Gasteiger partial charge in [0, 0.05) is 62.4 Å². The minimum Gasteiger partial charge on any atom is -0.384 e. The smallest absolute Gasteiger partial charge is 0.324 e. The molecule has 2 aromatic rings. The molecule has 1 aromatic carbocycles. The first-order valence-electron chi connectivity index (χ1n) is 11.2. The van der Waals surface area contributed by atoms with Gasteiger partial charge < -0.3 is 15.4 Å². The third kappa shape index (κ3) is 5.24. The number of benzene rings is 1. The molecule has 0 spiro atoms. The van der Waals surface area contributed by atoms with Crippen LogP contribution >= 0.6 is 11.5 Å². The number of ether oxygens (including phenoxy) is 1. The van der Waals surface area contributed by atoms with E-state index in [1.165, 1.54) is 10.5 Å². The van der Waals surface area contributed by atoms with E-state index in [4.69, 9.17) is 15.9 Å². The number of sulfonamides is 1. The van der Waals surface area contributed by atoms with E-state index in [0.717, 1.165) is 11.5 Å². The Morgan fingerprint density at radius 1 is 1.26 bits per heavy atom. The lowest BCUT2D eigenvalue weighted by Crippen LogP contribution is -2.56. The lowest BCUT2D eigenvalue weighted by Gasteiger charge is -2.42. The molecule has 2 saturated heterocycles. The number of nitrogens with one attached hydrogen (secondary N) is 1. The summed E-state index contributed by atoms with van der Waals surface area (Å²) in [5.41, 5.74) is 6.92. The maximum absolute atomic E-state index is 13.4. The Kier molecular flexibility index (Phi) is 7.51. The van der Waals surface area contributed by atoms with Gasteiger partial charge in [0.25, 0.3) is 0 Å². The number of aromatic nitrogens is 1. The van der Waals surface area contributed by atoms with Crippen LogP contribution in [0.25, 0.3) is 0 Å². The SMILES string of the molecule is COCC1CN(CC2CCN(S(=O)(=O)c3cnsc3)CC2)C(=O)N(c2cccc(C(=N)N)c2)C1. The second-order valence-corrected chi connectivity index (χ2v) is 11.4. The Morgan fingerprint density at radius 3 is 2.68 bits per heavy atom. The van der Waals surface area contributed by atoms with Gasteiger partial charge in [0.15, 0.2) is 0 Å². The van der Waals surface area contributed by atoms with Crippen LogP contribution in [-0.2, 0) is 14.8 Å². The molecule has 2 fully saturated rings. The summed E-state index contributed by atoms with van der Waals surface area (Å²) >= 11 is 1.13. The van der Waals surface area contributed by atoms with Gasteiger partial charge in [-0.1, -0.05) is 12.1 Å². The lowest BCUT2D eigenvalue weighted by atomic mass is 9.96. The van der Waals surface area contributed by atoms with Crippen molar-refractivity contribution in [3.05, 3.63) is 41.4 Å². The van der Waals surface area contributed by atoms with Crippen molar-refractivity contribution in [3.8, 4) is 0 Å². The molecule has 3 N–H and O–H groups in total. The topological polar surface area (TPSA) is 133 Å². The number of amides is 2. The first-order chi connectivity index (χ1) is 16.3. The molecule has 184 valence electrons.